The van der Waals surface area contributed by atoms with E-state index in [-0.39, 0.29) is 5.56 Å². The van der Waals surface area contributed by atoms with Gasteiger partial charge in [-0.15, -0.1) is 11.3 Å². The van der Waals surface area contributed by atoms with E-state index in [0.29, 0.717) is 16.6 Å². The number of aliphatic carboxylic acids is 1. The molecular formula is C18H18N2O3S. The molecule has 3 rings (SSSR count). The number of aromatic nitrogens is 2. The molecule has 0 bridgehead atoms. The van der Waals surface area contributed by atoms with Gasteiger partial charge in [0, 0.05) is 10.4 Å². The zero-order valence-electron chi connectivity index (χ0n) is 13.7. The van der Waals surface area contributed by atoms with E-state index < -0.39 is 12.0 Å². The molecule has 0 radical (unpaired) electrons. The highest BCUT2D eigenvalue weighted by Crippen LogP contribution is 2.35. The van der Waals surface area contributed by atoms with E-state index in [4.69, 9.17) is 0 Å². The van der Waals surface area contributed by atoms with Gasteiger partial charge in [0.2, 0.25) is 0 Å². The summed E-state index contributed by atoms with van der Waals surface area (Å²) in [5.41, 5.74) is 2.64. The molecule has 6 heteroatoms. The minimum absolute atomic E-state index is 0.297. The van der Waals surface area contributed by atoms with Crippen LogP contribution < -0.4 is 5.56 Å². The lowest BCUT2D eigenvalue weighted by Gasteiger charge is -2.13. The fourth-order valence-corrected chi connectivity index (χ4v) is 3.90. The minimum Gasteiger partial charge on any atom is -0.480 e. The van der Waals surface area contributed by atoms with Gasteiger partial charge in [0.05, 0.1) is 11.7 Å². The molecule has 2 heterocycles. The average Bonchev–Trinajstić information content (AvgIpc) is 2.88. The number of rotatable bonds is 4. The Bertz CT molecular complexity index is 970. The summed E-state index contributed by atoms with van der Waals surface area (Å²) in [7, 11) is 0. The third-order valence-corrected chi connectivity index (χ3v) is 5.17. The van der Waals surface area contributed by atoms with E-state index in [1.54, 1.807) is 6.92 Å². The lowest BCUT2D eigenvalue weighted by atomic mass is 10.0. The van der Waals surface area contributed by atoms with Crippen LogP contribution in [0.1, 0.15) is 29.8 Å². The van der Waals surface area contributed by atoms with Crippen LogP contribution in [-0.2, 0) is 4.79 Å². The van der Waals surface area contributed by atoms with E-state index in [1.165, 1.54) is 22.2 Å². The first-order valence-corrected chi connectivity index (χ1v) is 8.55. The fraction of sp³-hybridized carbons (Fsp3) is 0.278. The van der Waals surface area contributed by atoms with Gasteiger partial charge in [0.15, 0.2) is 0 Å². The van der Waals surface area contributed by atoms with Crippen molar-refractivity contribution in [3.8, 4) is 11.1 Å². The molecule has 1 aromatic carbocycles. The zero-order chi connectivity index (χ0) is 17.4. The Morgan fingerprint density at radius 1 is 1.29 bits per heavy atom. The molecule has 24 heavy (non-hydrogen) atoms. The predicted octanol–water partition coefficient (Wildman–Crippen LogP) is 3.78. The second-order valence-corrected chi connectivity index (χ2v) is 7.00. The summed E-state index contributed by atoms with van der Waals surface area (Å²) in [6, 6.07) is 7.06. The molecule has 0 aliphatic carbocycles. The molecule has 1 N–H and O–H groups in total. The third kappa shape index (κ3) is 2.63. The number of carboxylic acids is 1. The summed E-state index contributed by atoms with van der Waals surface area (Å²) in [6.45, 7) is 5.71. The maximum Gasteiger partial charge on any atom is 0.326 e. The molecule has 0 aliphatic heterocycles. The maximum atomic E-state index is 13.0. The van der Waals surface area contributed by atoms with Gasteiger partial charge < -0.3 is 5.11 Å². The molecule has 1 atom stereocenters. The topological polar surface area (TPSA) is 72.2 Å². The lowest BCUT2D eigenvalue weighted by molar-refractivity contribution is -0.141. The normalized spacial score (nSPS) is 12.5. The second kappa shape index (κ2) is 6.20. The summed E-state index contributed by atoms with van der Waals surface area (Å²) in [5, 5.41) is 9.86. The molecule has 0 fully saturated rings. The number of benzene rings is 1. The van der Waals surface area contributed by atoms with Crippen molar-refractivity contribution in [1.82, 2.24) is 9.55 Å². The molecule has 5 nitrogen and oxygen atoms in total. The smallest absolute Gasteiger partial charge is 0.326 e. The molecule has 0 amide bonds. The summed E-state index contributed by atoms with van der Waals surface area (Å²) in [6.07, 6.45) is 1.67. The van der Waals surface area contributed by atoms with Crippen LogP contribution in [0.25, 0.3) is 21.3 Å². The summed E-state index contributed by atoms with van der Waals surface area (Å²) in [4.78, 5) is 30.4. The zero-order valence-corrected chi connectivity index (χ0v) is 14.6. The Balaban J connectivity index is 2.31. The Kier molecular flexibility index (Phi) is 4.24. The van der Waals surface area contributed by atoms with Crippen LogP contribution in [0, 0.1) is 13.8 Å². The van der Waals surface area contributed by atoms with Gasteiger partial charge in [-0.25, -0.2) is 9.78 Å². The number of carbonyl (C=O) groups is 1. The largest absolute Gasteiger partial charge is 0.480 e. The number of hydrogen-bond acceptors (Lipinski definition) is 4. The van der Waals surface area contributed by atoms with Crippen LogP contribution in [-0.4, -0.2) is 20.6 Å². The summed E-state index contributed by atoms with van der Waals surface area (Å²) >= 11 is 1.46. The van der Waals surface area contributed by atoms with Crippen molar-refractivity contribution in [2.75, 3.05) is 0 Å². The lowest BCUT2D eigenvalue weighted by Crippen LogP contribution is -2.29. The van der Waals surface area contributed by atoms with Gasteiger partial charge in [-0.2, -0.15) is 0 Å². The number of aryl methyl sites for hydroxylation is 2. The van der Waals surface area contributed by atoms with Gasteiger partial charge in [-0.1, -0.05) is 36.8 Å². The third-order valence-electron chi connectivity index (χ3n) is 4.16. The van der Waals surface area contributed by atoms with Crippen LogP contribution >= 0.6 is 11.3 Å². The summed E-state index contributed by atoms with van der Waals surface area (Å²) in [5.74, 6) is -1.02. The Hall–Kier alpha value is -2.47. The van der Waals surface area contributed by atoms with E-state index >= 15 is 0 Å². The molecule has 0 saturated carbocycles. The van der Waals surface area contributed by atoms with E-state index in [9.17, 15) is 14.7 Å². The van der Waals surface area contributed by atoms with Crippen LogP contribution in [0.4, 0.5) is 0 Å². The molecule has 124 valence electrons. The van der Waals surface area contributed by atoms with E-state index in [1.807, 2.05) is 38.1 Å². The van der Waals surface area contributed by atoms with Gasteiger partial charge in [0.1, 0.15) is 10.9 Å². The summed E-state index contributed by atoms with van der Waals surface area (Å²) < 4.78 is 1.23. The fourth-order valence-electron chi connectivity index (χ4n) is 2.90. The highest BCUT2D eigenvalue weighted by atomic mass is 32.1. The molecule has 0 saturated heterocycles. The minimum atomic E-state index is -1.02. The first-order valence-electron chi connectivity index (χ1n) is 7.74. The standard InChI is InChI=1S/C18H18N2O3S/c1-4-13(18(22)23)20-9-19-16-15(17(20)21)14(11(3)24-16)12-7-5-10(2)6-8-12/h5-9,13H,4H2,1-3H3,(H,22,23)/t13-/m1/s1. The van der Waals surface area contributed by atoms with E-state index in [2.05, 4.69) is 4.98 Å². The maximum absolute atomic E-state index is 13.0. The number of nitrogens with zero attached hydrogens (tertiary/aromatic N) is 2. The molecular weight excluding hydrogens is 324 g/mol. The molecule has 2 aromatic heterocycles. The Morgan fingerprint density at radius 3 is 2.54 bits per heavy atom. The number of hydrogen-bond donors (Lipinski definition) is 1. The van der Waals surface area contributed by atoms with Crippen molar-refractivity contribution >= 4 is 27.5 Å². The van der Waals surface area contributed by atoms with Crippen molar-refractivity contribution in [3.63, 3.8) is 0 Å². The van der Waals surface area contributed by atoms with Gasteiger partial charge in [0.25, 0.3) is 5.56 Å². The SMILES string of the molecule is CC[C@H](C(=O)O)n1cnc2sc(C)c(-c3ccc(C)cc3)c2c1=O. The highest BCUT2D eigenvalue weighted by Gasteiger charge is 2.23. The van der Waals surface area contributed by atoms with E-state index in [0.717, 1.165) is 21.6 Å². The van der Waals surface area contributed by atoms with Gasteiger partial charge in [-0.05, 0) is 25.8 Å². The van der Waals surface area contributed by atoms with Gasteiger partial charge >= 0.3 is 5.97 Å². The number of thiophene rings is 1. The van der Waals surface area contributed by atoms with Crippen LogP contribution in [0.3, 0.4) is 0 Å². The van der Waals surface area contributed by atoms with Crippen LogP contribution in [0.2, 0.25) is 0 Å². The number of carboxylic acid groups (broad SMARTS) is 1. The van der Waals surface area contributed by atoms with Crippen molar-refractivity contribution in [2.24, 2.45) is 0 Å². The molecule has 3 aromatic rings. The Morgan fingerprint density at radius 2 is 1.96 bits per heavy atom. The van der Waals surface area contributed by atoms with Crippen LogP contribution in [0.15, 0.2) is 35.4 Å². The van der Waals surface area contributed by atoms with Gasteiger partial charge in [-0.3, -0.25) is 9.36 Å². The quantitative estimate of drug-likeness (QED) is 0.783. The highest BCUT2D eigenvalue weighted by molar-refractivity contribution is 7.19. The molecule has 0 unspecified atom stereocenters. The number of fused-ring (bicyclic) bond motifs is 1. The molecule has 0 spiro atoms. The van der Waals surface area contributed by atoms with Crippen molar-refractivity contribution < 1.29 is 9.90 Å². The molecule has 0 aliphatic rings. The van der Waals surface area contributed by atoms with Crippen molar-refractivity contribution in [2.45, 2.75) is 33.2 Å². The monoisotopic (exact) mass is 342 g/mol. The van der Waals surface area contributed by atoms with Crippen molar-refractivity contribution in [1.29, 1.82) is 0 Å². The average molecular weight is 342 g/mol. The predicted molar refractivity (Wildman–Crippen MR) is 95.8 cm³/mol. The van der Waals surface area contributed by atoms with Crippen LogP contribution in [0.5, 0.6) is 0 Å². The first-order chi connectivity index (χ1) is 11.4. The Labute approximate surface area is 143 Å². The second-order valence-electron chi connectivity index (χ2n) is 5.80. The first kappa shape index (κ1) is 16.4. The van der Waals surface area contributed by atoms with Crippen molar-refractivity contribution in [3.05, 3.63) is 51.4 Å².